The van der Waals surface area contributed by atoms with Crippen molar-refractivity contribution in [2.24, 2.45) is 5.92 Å². The Kier molecular flexibility index (Phi) is 5.23. The number of ketones is 1. The van der Waals surface area contributed by atoms with Crippen LogP contribution in [0.15, 0.2) is 18.2 Å². The Morgan fingerprint density at radius 2 is 2.00 bits per heavy atom. The maximum absolute atomic E-state index is 12.0. The number of rotatable bonds is 5. The van der Waals surface area contributed by atoms with Crippen LogP contribution >= 0.6 is 0 Å². The van der Waals surface area contributed by atoms with Crippen LogP contribution in [0.5, 0.6) is 5.75 Å². The summed E-state index contributed by atoms with van der Waals surface area (Å²) in [4.78, 5) is 16.6. The maximum atomic E-state index is 12.0. The summed E-state index contributed by atoms with van der Waals surface area (Å²) in [6, 6.07) is 5.86. The molecule has 21 heavy (non-hydrogen) atoms. The lowest BCUT2D eigenvalue weighted by atomic mass is 9.95. The Bertz CT molecular complexity index is 492. The molecule has 0 aliphatic carbocycles. The van der Waals surface area contributed by atoms with E-state index in [9.17, 15) is 4.79 Å². The Morgan fingerprint density at radius 1 is 1.33 bits per heavy atom. The summed E-state index contributed by atoms with van der Waals surface area (Å²) >= 11 is 0. The zero-order chi connectivity index (χ0) is 15.4. The minimum Gasteiger partial charge on any atom is -0.496 e. The molecule has 0 N–H and O–H groups in total. The molecule has 1 aliphatic heterocycles. The van der Waals surface area contributed by atoms with Crippen molar-refractivity contribution in [3.05, 3.63) is 23.8 Å². The van der Waals surface area contributed by atoms with Crippen LogP contribution < -0.4 is 9.64 Å². The third-order valence-electron chi connectivity index (χ3n) is 4.15. The largest absolute Gasteiger partial charge is 0.496 e. The summed E-state index contributed by atoms with van der Waals surface area (Å²) in [5.41, 5.74) is 1.73. The fourth-order valence-corrected chi connectivity index (χ4v) is 3.18. The Labute approximate surface area is 127 Å². The highest BCUT2D eigenvalue weighted by Crippen LogP contribution is 2.32. The number of methoxy groups -OCH3 is 1. The van der Waals surface area contributed by atoms with E-state index in [0.717, 1.165) is 31.2 Å². The van der Waals surface area contributed by atoms with E-state index in [4.69, 9.17) is 4.74 Å². The first-order valence-corrected chi connectivity index (χ1v) is 7.60. The van der Waals surface area contributed by atoms with Crippen LogP contribution in [0.4, 0.5) is 5.69 Å². The van der Waals surface area contributed by atoms with Gasteiger partial charge >= 0.3 is 0 Å². The lowest BCUT2D eigenvalue weighted by molar-refractivity contribution is 0.101. The molecule has 1 fully saturated rings. The van der Waals surface area contributed by atoms with Gasteiger partial charge in [0.2, 0.25) is 0 Å². The average Bonchev–Trinajstić information content (AvgIpc) is 2.46. The number of carbonyl (C=O) groups excluding carboxylic acids is 1. The zero-order valence-electron chi connectivity index (χ0n) is 13.6. The van der Waals surface area contributed by atoms with Crippen molar-refractivity contribution in [1.29, 1.82) is 0 Å². The second-order valence-electron chi connectivity index (χ2n) is 6.10. The van der Waals surface area contributed by atoms with Crippen molar-refractivity contribution >= 4 is 11.5 Å². The molecule has 2 rings (SSSR count). The first-order valence-electron chi connectivity index (χ1n) is 7.60. The van der Waals surface area contributed by atoms with E-state index >= 15 is 0 Å². The van der Waals surface area contributed by atoms with Gasteiger partial charge in [0.25, 0.3) is 0 Å². The van der Waals surface area contributed by atoms with Gasteiger partial charge in [0.15, 0.2) is 5.78 Å². The highest BCUT2D eigenvalue weighted by molar-refractivity contribution is 6.02. The molecule has 0 aromatic heterocycles. The van der Waals surface area contributed by atoms with Gasteiger partial charge < -0.3 is 14.5 Å². The van der Waals surface area contributed by atoms with E-state index < -0.39 is 0 Å². The number of carbonyl (C=O) groups is 1. The first-order chi connectivity index (χ1) is 10.0. The van der Waals surface area contributed by atoms with Crippen LogP contribution in [-0.2, 0) is 0 Å². The third-order valence-corrected chi connectivity index (χ3v) is 4.15. The Morgan fingerprint density at radius 3 is 2.52 bits per heavy atom. The lowest BCUT2D eigenvalue weighted by Crippen LogP contribution is -2.37. The summed E-state index contributed by atoms with van der Waals surface area (Å²) in [6.45, 7) is 4.77. The SMILES string of the molecule is COc1cccc(N2CCC(CN(C)C)CC2)c1C(C)=O. The van der Waals surface area contributed by atoms with Crippen LogP contribution in [0.25, 0.3) is 0 Å². The van der Waals surface area contributed by atoms with E-state index in [2.05, 4.69) is 23.9 Å². The van der Waals surface area contributed by atoms with Gasteiger partial charge in [0.1, 0.15) is 5.75 Å². The fraction of sp³-hybridized carbons (Fsp3) is 0.588. The van der Waals surface area contributed by atoms with Crippen LogP contribution in [0, 0.1) is 5.92 Å². The minimum atomic E-state index is 0.0675. The summed E-state index contributed by atoms with van der Waals surface area (Å²) in [6.07, 6.45) is 2.35. The number of hydrogen-bond acceptors (Lipinski definition) is 4. The topological polar surface area (TPSA) is 32.8 Å². The van der Waals surface area contributed by atoms with Crippen molar-refractivity contribution in [2.75, 3.05) is 45.7 Å². The van der Waals surface area contributed by atoms with Gasteiger partial charge in [0, 0.05) is 19.6 Å². The quantitative estimate of drug-likeness (QED) is 0.781. The molecule has 0 radical (unpaired) electrons. The molecule has 4 heteroatoms. The standard InChI is InChI=1S/C17H26N2O2/c1-13(20)17-15(6-5-7-16(17)21-4)19-10-8-14(9-11-19)12-18(2)3/h5-7,14H,8-12H2,1-4H3. The van der Waals surface area contributed by atoms with Crippen molar-refractivity contribution in [1.82, 2.24) is 4.90 Å². The minimum absolute atomic E-state index is 0.0675. The highest BCUT2D eigenvalue weighted by atomic mass is 16.5. The number of piperidine rings is 1. The summed E-state index contributed by atoms with van der Waals surface area (Å²) in [5.74, 6) is 1.50. The molecule has 1 aromatic carbocycles. The second-order valence-corrected chi connectivity index (χ2v) is 6.10. The molecular weight excluding hydrogens is 264 g/mol. The molecule has 1 saturated heterocycles. The fourth-order valence-electron chi connectivity index (χ4n) is 3.18. The van der Waals surface area contributed by atoms with Gasteiger partial charge in [-0.1, -0.05) is 6.07 Å². The van der Waals surface area contributed by atoms with Gasteiger partial charge in [-0.2, -0.15) is 0 Å². The number of Topliss-reactive ketones (excluding diaryl/α,β-unsaturated/α-hetero) is 1. The van der Waals surface area contributed by atoms with Crippen LogP contribution in [0.2, 0.25) is 0 Å². The second kappa shape index (κ2) is 6.94. The number of hydrogen-bond donors (Lipinski definition) is 0. The molecular formula is C17H26N2O2. The molecule has 0 bridgehead atoms. The molecule has 0 atom stereocenters. The van der Waals surface area contributed by atoms with E-state index in [1.54, 1.807) is 14.0 Å². The molecule has 0 saturated carbocycles. The zero-order valence-corrected chi connectivity index (χ0v) is 13.6. The highest BCUT2D eigenvalue weighted by Gasteiger charge is 2.24. The maximum Gasteiger partial charge on any atom is 0.165 e. The number of ether oxygens (including phenoxy) is 1. The predicted molar refractivity (Wildman–Crippen MR) is 86.5 cm³/mol. The smallest absolute Gasteiger partial charge is 0.165 e. The van der Waals surface area contributed by atoms with Crippen LogP contribution in [-0.4, -0.2) is 51.5 Å². The van der Waals surface area contributed by atoms with Crippen molar-refractivity contribution < 1.29 is 9.53 Å². The average molecular weight is 290 g/mol. The van der Waals surface area contributed by atoms with E-state index in [-0.39, 0.29) is 5.78 Å². The van der Waals surface area contributed by atoms with Crippen molar-refractivity contribution in [2.45, 2.75) is 19.8 Å². The normalized spacial score (nSPS) is 16.3. The Hall–Kier alpha value is -1.55. The molecule has 0 spiro atoms. The first kappa shape index (κ1) is 15.8. The van der Waals surface area contributed by atoms with E-state index in [0.29, 0.717) is 11.3 Å². The lowest BCUT2D eigenvalue weighted by Gasteiger charge is -2.35. The molecule has 1 heterocycles. The third kappa shape index (κ3) is 3.76. The predicted octanol–water partition coefficient (Wildman–Crippen LogP) is 2.68. The van der Waals surface area contributed by atoms with Gasteiger partial charge in [-0.3, -0.25) is 4.79 Å². The number of nitrogens with zero attached hydrogens (tertiary/aromatic N) is 2. The molecule has 4 nitrogen and oxygen atoms in total. The van der Waals surface area contributed by atoms with Gasteiger partial charge in [0.05, 0.1) is 18.4 Å². The van der Waals surface area contributed by atoms with Gasteiger partial charge in [-0.05, 0) is 51.9 Å². The number of anilines is 1. The summed E-state index contributed by atoms with van der Waals surface area (Å²) < 4.78 is 5.36. The number of benzene rings is 1. The molecule has 1 aromatic rings. The van der Waals surface area contributed by atoms with Gasteiger partial charge in [-0.25, -0.2) is 0 Å². The van der Waals surface area contributed by atoms with Gasteiger partial charge in [-0.15, -0.1) is 0 Å². The molecule has 116 valence electrons. The molecule has 1 aliphatic rings. The Balaban J connectivity index is 2.15. The monoisotopic (exact) mass is 290 g/mol. The molecule has 0 amide bonds. The van der Waals surface area contributed by atoms with Crippen LogP contribution in [0.1, 0.15) is 30.1 Å². The van der Waals surface area contributed by atoms with Crippen molar-refractivity contribution in [3.8, 4) is 5.75 Å². The van der Waals surface area contributed by atoms with E-state index in [1.165, 1.54) is 12.8 Å². The summed E-state index contributed by atoms with van der Waals surface area (Å²) in [7, 11) is 5.87. The summed E-state index contributed by atoms with van der Waals surface area (Å²) in [5, 5.41) is 0. The molecule has 0 unspecified atom stereocenters. The van der Waals surface area contributed by atoms with E-state index in [1.807, 2.05) is 18.2 Å². The van der Waals surface area contributed by atoms with Crippen LogP contribution in [0.3, 0.4) is 0 Å². The van der Waals surface area contributed by atoms with Crippen molar-refractivity contribution in [3.63, 3.8) is 0 Å².